The van der Waals surface area contributed by atoms with Crippen LogP contribution in [0, 0.1) is 0 Å². The van der Waals surface area contributed by atoms with Crippen molar-refractivity contribution in [2.75, 3.05) is 13.7 Å². The molecule has 0 unspecified atom stereocenters. The minimum absolute atomic E-state index is 0.0605. The van der Waals surface area contributed by atoms with Crippen molar-refractivity contribution in [3.8, 4) is 11.5 Å². The third-order valence-electron chi connectivity index (χ3n) is 2.17. The molecule has 0 aliphatic heterocycles. The minimum Gasteiger partial charge on any atom is -0.504 e. The lowest BCUT2D eigenvalue weighted by molar-refractivity contribution is -0.136. The number of methoxy groups -OCH3 is 1. The molecule has 0 bridgehead atoms. The zero-order valence-electron chi connectivity index (χ0n) is 10.4. The Kier molecular flexibility index (Phi) is 5.51. The Morgan fingerprint density at radius 3 is 2.89 bits per heavy atom. The Hall–Kier alpha value is -2.23. The van der Waals surface area contributed by atoms with Gasteiger partial charge in [-0.05, 0) is 30.7 Å². The van der Waals surface area contributed by atoms with Crippen LogP contribution in [0.5, 0.6) is 11.5 Å². The van der Waals surface area contributed by atoms with Gasteiger partial charge in [0.05, 0.1) is 7.11 Å². The summed E-state index contributed by atoms with van der Waals surface area (Å²) < 4.78 is 9.85. The zero-order chi connectivity index (χ0) is 13.4. The van der Waals surface area contributed by atoms with Crippen molar-refractivity contribution in [1.82, 2.24) is 0 Å². The minimum atomic E-state index is -0.417. The summed E-state index contributed by atoms with van der Waals surface area (Å²) >= 11 is 0. The van der Waals surface area contributed by atoms with Crippen LogP contribution in [0.3, 0.4) is 0 Å². The molecule has 0 aliphatic rings. The number of rotatable bonds is 5. The van der Waals surface area contributed by atoms with Crippen molar-refractivity contribution < 1.29 is 19.4 Å². The largest absolute Gasteiger partial charge is 0.504 e. The molecule has 0 spiro atoms. The Morgan fingerprint density at radius 1 is 1.44 bits per heavy atom. The molecular weight excluding hydrogens is 232 g/mol. The molecule has 1 N–H and O–H groups in total. The van der Waals surface area contributed by atoms with Gasteiger partial charge in [-0.15, -0.1) is 0 Å². The lowest BCUT2D eigenvalue weighted by Crippen LogP contribution is -1.99. The van der Waals surface area contributed by atoms with Gasteiger partial charge in [0.25, 0.3) is 0 Å². The molecule has 0 saturated carbocycles. The van der Waals surface area contributed by atoms with Gasteiger partial charge in [0.2, 0.25) is 0 Å². The van der Waals surface area contributed by atoms with E-state index in [1.54, 1.807) is 24.3 Å². The standard InChI is InChI=1S/C14H16O4/c1-3-4-9-18-14(16)8-6-11-5-7-12(15)13(10-11)17-2/h3-8,10,15H,9H2,1-2H3. The van der Waals surface area contributed by atoms with Crippen LogP contribution in [0.4, 0.5) is 0 Å². The fraction of sp³-hybridized carbons (Fsp3) is 0.214. The summed E-state index contributed by atoms with van der Waals surface area (Å²) in [4.78, 5) is 11.3. The third kappa shape index (κ3) is 4.33. The summed E-state index contributed by atoms with van der Waals surface area (Å²) in [6.45, 7) is 2.12. The quantitative estimate of drug-likeness (QED) is 0.494. The van der Waals surface area contributed by atoms with E-state index in [1.807, 2.05) is 13.0 Å². The van der Waals surface area contributed by atoms with E-state index in [1.165, 1.54) is 19.3 Å². The maximum absolute atomic E-state index is 11.3. The van der Waals surface area contributed by atoms with E-state index >= 15 is 0 Å². The van der Waals surface area contributed by atoms with E-state index in [2.05, 4.69) is 0 Å². The van der Waals surface area contributed by atoms with Crippen LogP contribution < -0.4 is 4.74 Å². The maximum Gasteiger partial charge on any atom is 0.331 e. The molecule has 0 saturated heterocycles. The van der Waals surface area contributed by atoms with E-state index in [0.717, 1.165) is 5.56 Å². The fourth-order valence-electron chi connectivity index (χ4n) is 1.24. The van der Waals surface area contributed by atoms with Crippen LogP contribution in [-0.2, 0) is 9.53 Å². The summed E-state index contributed by atoms with van der Waals surface area (Å²) in [7, 11) is 1.47. The van der Waals surface area contributed by atoms with Crippen LogP contribution in [0.2, 0.25) is 0 Å². The van der Waals surface area contributed by atoms with Gasteiger partial charge in [-0.3, -0.25) is 0 Å². The monoisotopic (exact) mass is 248 g/mol. The van der Waals surface area contributed by atoms with E-state index in [4.69, 9.17) is 9.47 Å². The van der Waals surface area contributed by atoms with Crippen LogP contribution >= 0.6 is 0 Å². The molecule has 0 aliphatic carbocycles. The van der Waals surface area contributed by atoms with Crippen LogP contribution in [0.15, 0.2) is 36.4 Å². The summed E-state index contributed by atoms with van der Waals surface area (Å²) in [5.74, 6) is 0.00452. The normalized spacial score (nSPS) is 11.0. The molecule has 18 heavy (non-hydrogen) atoms. The SMILES string of the molecule is CC=CCOC(=O)C=Cc1ccc(O)c(OC)c1. The van der Waals surface area contributed by atoms with Gasteiger partial charge in [0.1, 0.15) is 6.61 Å². The summed E-state index contributed by atoms with van der Waals surface area (Å²) in [5.41, 5.74) is 0.743. The van der Waals surface area contributed by atoms with Gasteiger partial charge < -0.3 is 14.6 Å². The van der Waals surface area contributed by atoms with Gasteiger partial charge in [-0.25, -0.2) is 4.79 Å². The lowest BCUT2D eigenvalue weighted by Gasteiger charge is -2.03. The van der Waals surface area contributed by atoms with Gasteiger partial charge in [-0.1, -0.05) is 18.2 Å². The van der Waals surface area contributed by atoms with E-state index in [9.17, 15) is 9.90 Å². The predicted octanol–water partition coefficient (Wildman–Crippen LogP) is 2.53. The van der Waals surface area contributed by atoms with Gasteiger partial charge in [0, 0.05) is 6.08 Å². The molecule has 96 valence electrons. The number of hydrogen-bond donors (Lipinski definition) is 1. The molecule has 4 nitrogen and oxygen atoms in total. The first kappa shape index (κ1) is 13.8. The molecule has 0 radical (unpaired) electrons. The van der Waals surface area contributed by atoms with E-state index in [0.29, 0.717) is 5.75 Å². The van der Waals surface area contributed by atoms with E-state index in [-0.39, 0.29) is 12.4 Å². The lowest BCUT2D eigenvalue weighted by atomic mass is 10.2. The van der Waals surface area contributed by atoms with Crippen molar-refractivity contribution >= 4 is 12.0 Å². The molecule has 0 fully saturated rings. The topological polar surface area (TPSA) is 55.8 Å². The first-order chi connectivity index (χ1) is 8.67. The highest BCUT2D eigenvalue weighted by Crippen LogP contribution is 2.26. The van der Waals surface area contributed by atoms with Crippen molar-refractivity contribution in [3.05, 3.63) is 42.0 Å². The Bertz CT molecular complexity index is 461. The molecule has 1 aromatic carbocycles. The number of esters is 1. The maximum atomic E-state index is 11.3. The number of benzene rings is 1. The molecule has 4 heteroatoms. The van der Waals surface area contributed by atoms with Gasteiger partial charge in [-0.2, -0.15) is 0 Å². The summed E-state index contributed by atoms with van der Waals surface area (Å²) in [6, 6.07) is 4.81. The van der Waals surface area contributed by atoms with Crippen molar-refractivity contribution in [1.29, 1.82) is 0 Å². The average molecular weight is 248 g/mol. The Labute approximate surface area is 106 Å². The molecule has 0 atom stereocenters. The number of phenolic OH excluding ortho intramolecular Hbond substituents is 1. The molecular formula is C14H16O4. The number of hydrogen-bond acceptors (Lipinski definition) is 4. The number of phenols is 1. The van der Waals surface area contributed by atoms with Crippen LogP contribution in [0.25, 0.3) is 6.08 Å². The first-order valence-corrected chi connectivity index (χ1v) is 5.50. The molecule has 0 heterocycles. The predicted molar refractivity (Wildman–Crippen MR) is 69.5 cm³/mol. The zero-order valence-corrected chi connectivity index (χ0v) is 10.4. The highest BCUT2D eigenvalue weighted by molar-refractivity contribution is 5.87. The second kappa shape index (κ2) is 7.17. The van der Waals surface area contributed by atoms with Crippen molar-refractivity contribution in [3.63, 3.8) is 0 Å². The van der Waals surface area contributed by atoms with Gasteiger partial charge in [0.15, 0.2) is 11.5 Å². The molecule has 1 aromatic rings. The van der Waals surface area contributed by atoms with Gasteiger partial charge >= 0.3 is 5.97 Å². The Morgan fingerprint density at radius 2 is 2.22 bits per heavy atom. The Balaban J connectivity index is 2.63. The second-order valence-electron chi connectivity index (χ2n) is 3.46. The molecule has 0 amide bonds. The van der Waals surface area contributed by atoms with Crippen molar-refractivity contribution in [2.24, 2.45) is 0 Å². The number of allylic oxidation sites excluding steroid dienone is 1. The summed E-state index contributed by atoms with van der Waals surface area (Å²) in [6.07, 6.45) is 6.48. The number of carbonyl (C=O) groups excluding carboxylic acids is 1. The molecule has 1 rings (SSSR count). The average Bonchev–Trinajstić information content (AvgIpc) is 2.38. The van der Waals surface area contributed by atoms with E-state index < -0.39 is 5.97 Å². The summed E-state index contributed by atoms with van der Waals surface area (Å²) in [5, 5.41) is 9.41. The molecule has 0 aromatic heterocycles. The highest BCUT2D eigenvalue weighted by Gasteiger charge is 2.01. The highest BCUT2D eigenvalue weighted by atomic mass is 16.5. The number of carbonyl (C=O) groups is 1. The van der Waals surface area contributed by atoms with Crippen LogP contribution in [-0.4, -0.2) is 24.8 Å². The third-order valence-corrected chi connectivity index (χ3v) is 2.17. The van der Waals surface area contributed by atoms with Crippen molar-refractivity contribution in [2.45, 2.75) is 6.92 Å². The van der Waals surface area contributed by atoms with Crippen LogP contribution in [0.1, 0.15) is 12.5 Å². The fourth-order valence-corrected chi connectivity index (χ4v) is 1.24. The smallest absolute Gasteiger partial charge is 0.331 e. The second-order valence-corrected chi connectivity index (χ2v) is 3.46. The number of aromatic hydroxyl groups is 1. The first-order valence-electron chi connectivity index (χ1n) is 5.50. The number of ether oxygens (including phenoxy) is 2.